The molecule has 3 nitrogen and oxygen atoms in total. The third-order valence-corrected chi connectivity index (χ3v) is 3.49. The van der Waals surface area contributed by atoms with Gasteiger partial charge in [0.1, 0.15) is 11.4 Å². The lowest BCUT2D eigenvalue weighted by atomic mass is 9.90. The molecular formula is C15H14ClFN2O. The molecule has 0 saturated heterocycles. The van der Waals surface area contributed by atoms with E-state index in [1.165, 1.54) is 19.1 Å². The predicted molar refractivity (Wildman–Crippen MR) is 78.0 cm³/mol. The molecule has 1 atom stereocenters. The molecule has 0 aliphatic heterocycles. The van der Waals surface area contributed by atoms with Crippen LogP contribution in [-0.2, 0) is 10.3 Å². The summed E-state index contributed by atoms with van der Waals surface area (Å²) >= 11 is 6.05. The number of para-hydroxylation sites is 1. The second-order valence-electron chi connectivity index (χ2n) is 4.57. The molecule has 2 rings (SSSR count). The maximum atomic E-state index is 14.0. The molecule has 0 heterocycles. The van der Waals surface area contributed by atoms with Crippen LogP contribution < -0.4 is 11.1 Å². The number of benzene rings is 2. The molecule has 0 bridgehead atoms. The molecule has 0 radical (unpaired) electrons. The van der Waals surface area contributed by atoms with Crippen LogP contribution >= 0.6 is 11.6 Å². The Balaban J connectivity index is 2.49. The second kappa shape index (κ2) is 5.51. The average molecular weight is 293 g/mol. The molecule has 5 heteroatoms. The van der Waals surface area contributed by atoms with Crippen LogP contribution in [0.4, 0.5) is 10.1 Å². The van der Waals surface area contributed by atoms with Gasteiger partial charge in [-0.15, -0.1) is 0 Å². The van der Waals surface area contributed by atoms with Crippen LogP contribution in [0.1, 0.15) is 12.5 Å². The van der Waals surface area contributed by atoms with Crippen LogP contribution in [0.3, 0.4) is 0 Å². The minimum atomic E-state index is -1.39. The van der Waals surface area contributed by atoms with Crippen molar-refractivity contribution in [3.63, 3.8) is 0 Å². The maximum absolute atomic E-state index is 14.0. The third-order valence-electron chi connectivity index (χ3n) is 3.16. The van der Waals surface area contributed by atoms with Crippen LogP contribution in [-0.4, -0.2) is 5.91 Å². The minimum absolute atomic E-state index is 0.174. The fourth-order valence-corrected chi connectivity index (χ4v) is 2.14. The Morgan fingerprint density at radius 3 is 2.40 bits per heavy atom. The van der Waals surface area contributed by atoms with Crippen molar-refractivity contribution in [2.45, 2.75) is 12.5 Å². The van der Waals surface area contributed by atoms with Crippen molar-refractivity contribution in [3.8, 4) is 0 Å². The number of rotatable bonds is 4. The van der Waals surface area contributed by atoms with E-state index in [-0.39, 0.29) is 5.56 Å². The van der Waals surface area contributed by atoms with Crippen LogP contribution in [0, 0.1) is 5.82 Å². The summed E-state index contributed by atoms with van der Waals surface area (Å²) in [6.45, 7) is 1.52. The molecule has 104 valence electrons. The Labute approximate surface area is 121 Å². The Hall–Kier alpha value is -2.07. The van der Waals surface area contributed by atoms with Gasteiger partial charge in [0.05, 0.1) is 10.7 Å². The van der Waals surface area contributed by atoms with Gasteiger partial charge >= 0.3 is 0 Å². The summed E-state index contributed by atoms with van der Waals surface area (Å²) in [5.74, 6) is -1.20. The zero-order chi connectivity index (χ0) is 14.8. The molecule has 0 spiro atoms. The number of amides is 1. The van der Waals surface area contributed by atoms with Gasteiger partial charge in [-0.05, 0) is 25.1 Å². The van der Waals surface area contributed by atoms with Crippen molar-refractivity contribution in [1.29, 1.82) is 0 Å². The van der Waals surface area contributed by atoms with Crippen LogP contribution in [0.5, 0.6) is 0 Å². The Morgan fingerprint density at radius 1 is 1.20 bits per heavy atom. The Kier molecular flexibility index (Phi) is 3.95. The predicted octanol–water partition coefficient (Wildman–Crippen LogP) is 3.29. The van der Waals surface area contributed by atoms with Crippen molar-refractivity contribution in [2.24, 2.45) is 5.73 Å². The Morgan fingerprint density at radius 2 is 1.80 bits per heavy atom. The zero-order valence-corrected chi connectivity index (χ0v) is 11.6. The van der Waals surface area contributed by atoms with Gasteiger partial charge in [-0.3, -0.25) is 4.79 Å². The van der Waals surface area contributed by atoms with E-state index < -0.39 is 17.3 Å². The topological polar surface area (TPSA) is 55.1 Å². The van der Waals surface area contributed by atoms with Gasteiger partial charge in [0, 0.05) is 5.56 Å². The molecule has 3 N–H and O–H groups in total. The van der Waals surface area contributed by atoms with E-state index in [2.05, 4.69) is 5.32 Å². The number of hydrogen-bond donors (Lipinski definition) is 2. The lowest BCUT2D eigenvalue weighted by molar-refractivity contribution is -0.122. The van der Waals surface area contributed by atoms with Gasteiger partial charge in [0.25, 0.3) is 0 Å². The quantitative estimate of drug-likeness (QED) is 0.908. The van der Waals surface area contributed by atoms with Gasteiger partial charge in [-0.2, -0.15) is 0 Å². The van der Waals surface area contributed by atoms with Crippen molar-refractivity contribution >= 4 is 23.2 Å². The molecule has 0 fully saturated rings. The smallest absolute Gasteiger partial charge is 0.247 e. The highest BCUT2D eigenvalue weighted by Gasteiger charge is 2.35. The van der Waals surface area contributed by atoms with Crippen molar-refractivity contribution in [3.05, 3.63) is 64.9 Å². The number of carbonyl (C=O) groups is 1. The zero-order valence-electron chi connectivity index (χ0n) is 10.9. The fraction of sp³-hybridized carbons (Fsp3) is 0.133. The van der Waals surface area contributed by atoms with Crippen molar-refractivity contribution in [2.75, 3.05) is 5.32 Å². The fourth-order valence-electron chi connectivity index (χ4n) is 1.96. The first-order valence-electron chi connectivity index (χ1n) is 6.03. The average Bonchev–Trinajstić information content (AvgIpc) is 2.41. The van der Waals surface area contributed by atoms with E-state index in [0.29, 0.717) is 10.7 Å². The van der Waals surface area contributed by atoms with Gasteiger partial charge in [0.2, 0.25) is 5.91 Å². The van der Waals surface area contributed by atoms with Crippen molar-refractivity contribution < 1.29 is 9.18 Å². The minimum Gasteiger partial charge on any atom is -0.367 e. The molecule has 2 aromatic rings. The summed E-state index contributed by atoms with van der Waals surface area (Å²) in [4.78, 5) is 11.8. The van der Waals surface area contributed by atoms with Crippen LogP contribution in [0.2, 0.25) is 5.02 Å². The molecule has 0 aromatic heterocycles. The van der Waals surface area contributed by atoms with E-state index in [1.807, 2.05) is 0 Å². The third kappa shape index (κ3) is 2.60. The van der Waals surface area contributed by atoms with Crippen molar-refractivity contribution in [1.82, 2.24) is 0 Å². The van der Waals surface area contributed by atoms with Crippen LogP contribution in [0.25, 0.3) is 0 Å². The van der Waals surface area contributed by atoms with Crippen LogP contribution in [0.15, 0.2) is 48.5 Å². The van der Waals surface area contributed by atoms with E-state index in [0.717, 1.165) is 0 Å². The van der Waals surface area contributed by atoms with E-state index >= 15 is 0 Å². The Bertz CT molecular complexity index is 647. The number of halogens is 2. The lowest BCUT2D eigenvalue weighted by Gasteiger charge is -2.29. The van der Waals surface area contributed by atoms with Gasteiger partial charge in [-0.25, -0.2) is 4.39 Å². The second-order valence-corrected chi connectivity index (χ2v) is 4.98. The molecule has 0 aliphatic rings. The van der Waals surface area contributed by atoms with E-state index in [4.69, 9.17) is 17.3 Å². The normalized spacial score (nSPS) is 13.6. The maximum Gasteiger partial charge on any atom is 0.247 e. The first-order chi connectivity index (χ1) is 9.45. The highest BCUT2D eigenvalue weighted by Crippen LogP contribution is 2.31. The summed E-state index contributed by atoms with van der Waals surface area (Å²) in [5.41, 5.74) is 4.75. The summed E-state index contributed by atoms with van der Waals surface area (Å²) in [6.07, 6.45) is 0. The largest absolute Gasteiger partial charge is 0.367 e. The molecule has 2 aromatic carbocycles. The number of carbonyl (C=O) groups excluding carboxylic acids is 1. The first-order valence-corrected chi connectivity index (χ1v) is 6.40. The standard InChI is InChI=1S/C15H14ClFN2O/c1-15(14(18)20,10-6-2-4-8-12(10)17)19-13-9-5-3-7-11(13)16/h2-9,19H,1H3,(H2,18,20). The number of hydrogen-bond acceptors (Lipinski definition) is 2. The molecule has 0 saturated carbocycles. The summed E-state index contributed by atoms with van der Waals surface area (Å²) in [6, 6.07) is 12.9. The molecule has 1 amide bonds. The number of primary amides is 1. The monoisotopic (exact) mass is 292 g/mol. The van der Waals surface area contributed by atoms with Gasteiger partial charge in [-0.1, -0.05) is 41.9 Å². The lowest BCUT2D eigenvalue weighted by Crippen LogP contribution is -2.45. The SMILES string of the molecule is CC(Nc1ccccc1Cl)(C(N)=O)c1ccccc1F. The van der Waals surface area contributed by atoms with Gasteiger partial charge < -0.3 is 11.1 Å². The number of nitrogens with two attached hydrogens (primary N) is 1. The van der Waals surface area contributed by atoms with E-state index in [9.17, 15) is 9.18 Å². The number of nitrogens with one attached hydrogen (secondary N) is 1. The molecular weight excluding hydrogens is 279 g/mol. The molecule has 0 aliphatic carbocycles. The van der Waals surface area contributed by atoms with Gasteiger partial charge in [0.15, 0.2) is 0 Å². The van der Waals surface area contributed by atoms with E-state index in [1.54, 1.807) is 36.4 Å². The first kappa shape index (κ1) is 14.3. The summed E-state index contributed by atoms with van der Waals surface area (Å²) < 4.78 is 14.0. The summed E-state index contributed by atoms with van der Waals surface area (Å²) in [5, 5.41) is 3.36. The molecule has 20 heavy (non-hydrogen) atoms. The number of anilines is 1. The molecule has 1 unspecified atom stereocenters. The highest BCUT2D eigenvalue weighted by molar-refractivity contribution is 6.33. The highest BCUT2D eigenvalue weighted by atomic mass is 35.5. The summed E-state index contributed by atoms with van der Waals surface area (Å²) in [7, 11) is 0.